The fourth-order valence-corrected chi connectivity index (χ4v) is 1.70. The molecule has 1 aromatic carbocycles. The lowest BCUT2D eigenvalue weighted by Crippen LogP contribution is -1.90. The van der Waals surface area contributed by atoms with Gasteiger partial charge in [0.25, 0.3) is 0 Å². The van der Waals surface area contributed by atoms with Crippen LogP contribution < -0.4 is 0 Å². The molecule has 0 N–H and O–H groups in total. The summed E-state index contributed by atoms with van der Waals surface area (Å²) in [4.78, 5) is 0.797. The van der Waals surface area contributed by atoms with Crippen molar-refractivity contribution in [3.05, 3.63) is 29.8 Å². The van der Waals surface area contributed by atoms with Crippen LogP contribution in [0.1, 0.15) is 5.56 Å². The van der Waals surface area contributed by atoms with Crippen LogP contribution in [0.15, 0.2) is 29.2 Å². The second-order valence-electron chi connectivity index (χ2n) is 2.27. The molecule has 0 aliphatic heterocycles. The average molecular weight is 189 g/mol. The van der Waals surface area contributed by atoms with Gasteiger partial charge in [0.1, 0.15) is 5.21 Å². The van der Waals surface area contributed by atoms with Crippen molar-refractivity contribution in [3.8, 4) is 0 Å². The molecule has 0 amide bonds. The minimum absolute atomic E-state index is 0.170. The summed E-state index contributed by atoms with van der Waals surface area (Å²) in [6.45, 7) is 1.99. The molecule has 0 aliphatic carbocycles. The van der Waals surface area contributed by atoms with Crippen LogP contribution in [0.5, 0.6) is 0 Å². The van der Waals surface area contributed by atoms with Crippen molar-refractivity contribution in [3.63, 3.8) is 0 Å². The van der Waals surface area contributed by atoms with Crippen LogP contribution in [0.2, 0.25) is 0 Å². The first-order chi connectivity index (χ1) is 5.24. The molecule has 0 bridgehead atoms. The molecule has 0 aromatic heterocycles. The van der Waals surface area contributed by atoms with E-state index in [1.165, 1.54) is 5.56 Å². The molecule has 11 heavy (non-hydrogen) atoms. The normalized spacial score (nSPS) is 12.9. The SMILES string of the molecule is Cc1ccc(S(=O)CCl)cc1. The molecule has 0 fully saturated rings. The van der Waals surface area contributed by atoms with E-state index in [0.29, 0.717) is 0 Å². The number of benzene rings is 1. The predicted molar refractivity (Wildman–Crippen MR) is 48.3 cm³/mol. The van der Waals surface area contributed by atoms with Crippen molar-refractivity contribution in [2.75, 3.05) is 5.21 Å². The average Bonchev–Trinajstić information content (AvgIpc) is 2.05. The molecule has 1 rings (SSSR count). The van der Waals surface area contributed by atoms with E-state index in [4.69, 9.17) is 11.6 Å². The van der Waals surface area contributed by atoms with Crippen molar-refractivity contribution in [2.45, 2.75) is 11.8 Å². The molecule has 0 saturated carbocycles. The molecule has 0 saturated heterocycles. The lowest BCUT2D eigenvalue weighted by molar-refractivity contribution is 0.686. The van der Waals surface area contributed by atoms with Crippen LogP contribution in [0, 0.1) is 6.92 Å². The molecule has 3 heteroatoms. The summed E-state index contributed by atoms with van der Waals surface area (Å²) in [6, 6.07) is 7.54. The second kappa shape index (κ2) is 3.88. The molecule has 1 nitrogen and oxygen atoms in total. The Bertz CT molecular complexity index is 255. The van der Waals surface area contributed by atoms with Crippen LogP contribution in [0.3, 0.4) is 0 Å². The van der Waals surface area contributed by atoms with Gasteiger partial charge in [-0.3, -0.25) is 4.21 Å². The molecule has 1 unspecified atom stereocenters. The minimum atomic E-state index is -1.03. The highest BCUT2D eigenvalue weighted by molar-refractivity contribution is 7.86. The van der Waals surface area contributed by atoms with Crippen LogP contribution in [0.4, 0.5) is 0 Å². The molecule has 0 spiro atoms. The maximum absolute atomic E-state index is 11.1. The summed E-state index contributed by atoms with van der Waals surface area (Å²) < 4.78 is 11.1. The van der Waals surface area contributed by atoms with E-state index in [-0.39, 0.29) is 5.21 Å². The highest BCUT2D eigenvalue weighted by Gasteiger charge is 1.99. The Morgan fingerprint density at radius 2 is 1.91 bits per heavy atom. The molecule has 1 aromatic rings. The van der Waals surface area contributed by atoms with Gasteiger partial charge in [-0.15, -0.1) is 11.6 Å². The van der Waals surface area contributed by atoms with Crippen molar-refractivity contribution in [2.24, 2.45) is 0 Å². The van der Waals surface area contributed by atoms with Crippen molar-refractivity contribution in [1.29, 1.82) is 0 Å². The van der Waals surface area contributed by atoms with Crippen LogP contribution >= 0.6 is 11.6 Å². The molecule has 0 heterocycles. The van der Waals surface area contributed by atoms with Gasteiger partial charge in [0.05, 0.1) is 10.8 Å². The first-order valence-corrected chi connectivity index (χ1v) is 5.10. The smallest absolute Gasteiger partial charge is 0.103 e. The van der Waals surface area contributed by atoms with Crippen molar-refractivity contribution in [1.82, 2.24) is 0 Å². The van der Waals surface area contributed by atoms with Crippen LogP contribution in [-0.4, -0.2) is 9.42 Å². The van der Waals surface area contributed by atoms with Crippen LogP contribution in [0.25, 0.3) is 0 Å². The number of halogens is 1. The van der Waals surface area contributed by atoms with Gasteiger partial charge in [0.2, 0.25) is 0 Å². The third-order valence-corrected chi connectivity index (χ3v) is 2.97. The van der Waals surface area contributed by atoms with Gasteiger partial charge in [-0.1, -0.05) is 17.7 Å². The van der Waals surface area contributed by atoms with E-state index in [1.807, 2.05) is 31.2 Å². The summed E-state index contributed by atoms with van der Waals surface area (Å²) in [5, 5.41) is 0.170. The van der Waals surface area contributed by atoms with Crippen LogP contribution in [-0.2, 0) is 10.8 Å². The second-order valence-corrected chi connectivity index (χ2v) is 4.30. The fraction of sp³-hybridized carbons (Fsp3) is 0.250. The van der Waals surface area contributed by atoms with Gasteiger partial charge in [0.15, 0.2) is 0 Å². The Labute approximate surface area is 73.8 Å². The van der Waals surface area contributed by atoms with Gasteiger partial charge < -0.3 is 0 Å². The van der Waals surface area contributed by atoms with Gasteiger partial charge in [0, 0.05) is 4.90 Å². The van der Waals surface area contributed by atoms with Gasteiger partial charge in [-0.2, -0.15) is 0 Å². The Hall–Kier alpha value is -0.340. The molecule has 1 atom stereocenters. The highest BCUT2D eigenvalue weighted by atomic mass is 35.5. The standard InChI is InChI=1S/C8H9ClOS/c1-7-2-4-8(5-3-7)11(10)6-9/h2-5H,6H2,1H3. The molecular formula is C8H9ClOS. The van der Waals surface area contributed by atoms with Gasteiger partial charge >= 0.3 is 0 Å². The molecule has 0 aliphatic rings. The quantitative estimate of drug-likeness (QED) is 0.651. The zero-order valence-corrected chi connectivity index (χ0v) is 7.78. The highest BCUT2D eigenvalue weighted by Crippen LogP contribution is 2.08. The van der Waals surface area contributed by atoms with E-state index in [9.17, 15) is 4.21 Å². The molecule has 0 radical (unpaired) electrons. The predicted octanol–water partition coefficient (Wildman–Crippen LogP) is 2.30. The summed E-state index contributed by atoms with van der Waals surface area (Å²) in [7, 11) is -1.03. The Morgan fingerprint density at radius 1 is 1.36 bits per heavy atom. The fourth-order valence-electron chi connectivity index (χ4n) is 0.753. The third kappa shape index (κ3) is 2.31. The summed E-state index contributed by atoms with van der Waals surface area (Å²) >= 11 is 5.43. The lowest BCUT2D eigenvalue weighted by atomic mass is 10.2. The first-order valence-electron chi connectivity index (χ1n) is 3.25. The maximum atomic E-state index is 11.1. The topological polar surface area (TPSA) is 17.1 Å². The number of aryl methyl sites for hydroxylation is 1. The monoisotopic (exact) mass is 188 g/mol. The third-order valence-electron chi connectivity index (χ3n) is 1.38. The Balaban J connectivity index is 2.90. The number of rotatable bonds is 2. The van der Waals surface area contributed by atoms with E-state index >= 15 is 0 Å². The zero-order chi connectivity index (χ0) is 8.27. The summed E-state index contributed by atoms with van der Waals surface area (Å²) in [5.41, 5.74) is 1.17. The van der Waals surface area contributed by atoms with Crippen molar-refractivity contribution >= 4 is 22.4 Å². The molecular weight excluding hydrogens is 180 g/mol. The summed E-state index contributed by atoms with van der Waals surface area (Å²) in [6.07, 6.45) is 0. The van der Waals surface area contributed by atoms with Gasteiger partial charge in [-0.05, 0) is 19.1 Å². The lowest BCUT2D eigenvalue weighted by Gasteiger charge is -1.97. The van der Waals surface area contributed by atoms with E-state index in [0.717, 1.165) is 4.90 Å². The Kier molecular flexibility index (Phi) is 3.09. The van der Waals surface area contributed by atoms with E-state index in [2.05, 4.69) is 0 Å². The largest absolute Gasteiger partial charge is 0.253 e. The Morgan fingerprint density at radius 3 is 2.36 bits per heavy atom. The minimum Gasteiger partial charge on any atom is -0.253 e. The number of hydrogen-bond donors (Lipinski definition) is 0. The van der Waals surface area contributed by atoms with E-state index < -0.39 is 10.8 Å². The van der Waals surface area contributed by atoms with Gasteiger partial charge in [-0.25, -0.2) is 0 Å². The van der Waals surface area contributed by atoms with Crippen molar-refractivity contribution < 1.29 is 4.21 Å². The van der Waals surface area contributed by atoms with E-state index in [1.54, 1.807) is 0 Å². The molecule has 60 valence electrons. The zero-order valence-electron chi connectivity index (χ0n) is 6.21. The summed E-state index contributed by atoms with van der Waals surface area (Å²) in [5.74, 6) is 0. The maximum Gasteiger partial charge on any atom is 0.103 e. The number of hydrogen-bond acceptors (Lipinski definition) is 1. The first kappa shape index (κ1) is 8.75. The number of alkyl halides is 1.